The first-order chi connectivity index (χ1) is 8.28. The lowest BCUT2D eigenvalue weighted by molar-refractivity contribution is 0.776. The molecule has 94 valence electrons. The van der Waals surface area contributed by atoms with Crippen LogP contribution in [0.2, 0.25) is 0 Å². The molecule has 0 radical (unpaired) electrons. The molecule has 1 saturated carbocycles. The van der Waals surface area contributed by atoms with Gasteiger partial charge in [0.1, 0.15) is 0 Å². The number of thioether (sulfide) groups is 1. The number of thiazole rings is 1. The van der Waals surface area contributed by atoms with Crippen LogP contribution in [0.5, 0.6) is 0 Å². The van der Waals surface area contributed by atoms with E-state index in [9.17, 15) is 0 Å². The lowest BCUT2D eigenvalue weighted by atomic mass is 10.2. The number of nitrogens with zero attached hydrogens (tertiary/aromatic N) is 2. The third-order valence-electron chi connectivity index (χ3n) is 3.38. The maximum Gasteiger partial charge on any atom is 0.185 e. The second-order valence-electron chi connectivity index (χ2n) is 4.91. The Morgan fingerprint density at radius 1 is 1.47 bits per heavy atom. The van der Waals surface area contributed by atoms with Gasteiger partial charge in [-0.3, -0.25) is 0 Å². The summed E-state index contributed by atoms with van der Waals surface area (Å²) in [5.41, 5.74) is 7.14. The number of hydrogen-bond acceptors (Lipinski definition) is 5. The minimum atomic E-state index is 0.654. The van der Waals surface area contributed by atoms with Crippen molar-refractivity contribution in [1.29, 1.82) is 0 Å². The van der Waals surface area contributed by atoms with Gasteiger partial charge < -0.3 is 10.6 Å². The summed E-state index contributed by atoms with van der Waals surface area (Å²) in [4.78, 5) is 8.61. The van der Waals surface area contributed by atoms with Crippen molar-refractivity contribution in [3.8, 4) is 0 Å². The van der Waals surface area contributed by atoms with Crippen molar-refractivity contribution in [2.24, 2.45) is 5.73 Å². The third-order valence-corrected chi connectivity index (χ3v) is 5.67. The van der Waals surface area contributed by atoms with Crippen LogP contribution in [0.4, 0.5) is 5.13 Å². The van der Waals surface area contributed by atoms with E-state index in [2.05, 4.69) is 23.6 Å². The molecular formula is C12H19N3S2. The van der Waals surface area contributed by atoms with Gasteiger partial charge in [0.25, 0.3) is 0 Å². The first-order valence-corrected chi connectivity index (χ1v) is 8.20. The molecule has 0 bridgehead atoms. The van der Waals surface area contributed by atoms with E-state index in [1.54, 1.807) is 0 Å². The van der Waals surface area contributed by atoms with Gasteiger partial charge >= 0.3 is 0 Å². The molecule has 1 aromatic rings. The summed E-state index contributed by atoms with van der Waals surface area (Å²) in [6.07, 6.45) is 2.62. The Kier molecular flexibility index (Phi) is 3.32. The molecule has 0 spiro atoms. The van der Waals surface area contributed by atoms with Crippen molar-refractivity contribution in [1.82, 2.24) is 4.98 Å². The van der Waals surface area contributed by atoms with Crippen LogP contribution in [0.1, 0.15) is 36.3 Å². The molecule has 17 heavy (non-hydrogen) atoms. The molecule has 2 aliphatic rings. The van der Waals surface area contributed by atoms with Gasteiger partial charge in [0.15, 0.2) is 5.13 Å². The second kappa shape index (κ2) is 4.78. The molecule has 1 aliphatic heterocycles. The SMILES string of the molecule is CC1CN(c2nc(C3CC3)c(CN)s2)CCS1. The third kappa shape index (κ3) is 2.46. The summed E-state index contributed by atoms with van der Waals surface area (Å²) < 4.78 is 0. The Labute approximate surface area is 111 Å². The molecule has 3 nitrogen and oxygen atoms in total. The highest BCUT2D eigenvalue weighted by molar-refractivity contribution is 8.00. The van der Waals surface area contributed by atoms with Crippen LogP contribution in [0, 0.1) is 0 Å². The Bertz CT molecular complexity index is 400. The number of hydrogen-bond donors (Lipinski definition) is 1. The number of aromatic nitrogens is 1. The standard InChI is InChI=1S/C12H19N3S2/c1-8-7-15(4-5-16-8)12-14-11(9-2-3-9)10(6-13)17-12/h8-9H,2-7,13H2,1H3. The lowest BCUT2D eigenvalue weighted by Gasteiger charge is -2.30. The zero-order valence-corrected chi connectivity index (χ0v) is 11.8. The highest BCUT2D eigenvalue weighted by atomic mass is 32.2. The van der Waals surface area contributed by atoms with Crippen molar-refractivity contribution in [3.63, 3.8) is 0 Å². The fraction of sp³-hybridized carbons (Fsp3) is 0.750. The fourth-order valence-electron chi connectivity index (χ4n) is 2.30. The van der Waals surface area contributed by atoms with Crippen molar-refractivity contribution < 1.29 is 0 Å². The molecule has 0 amide bonds. The fourth-order valence-corrected chi connectivity index (χ4v) is 4.37. The number of rotatable bonds is 3. The van der Waals surface area contributed by atoms with Gasteiger partial charge in [-0.2, -0.15) is 11.8 Å². The maximum absolute atomic E-state index is 5.83. The summed E-state index contributed by atoms with van der Waals surface area (Å²) in [5, 5.41) is 1.93. The number of anilines is 1. The van der Waals surface area contributed by atoms with Crippen LogP contribution in [0.15, 0.2) is 0 Å². The second-order valence-corrected chi connectivity index (χ2v) is 7.52. The topological polar surface area (TPSA) is 42.2 Å². The van der Waals surface area contributed by atoms with Crippen LogP contribution in [-0.4, -0.2) is 29.1 Å². The summed E-state index contributed by atoms with van der Waals surface area (Å²) in [6, 6.07) is 0. The Hall–Kier alpha value is -0.260. The average molecular weight is 269 g/mol. The van der Waals surface area contributed by atoms with Crippen molar-refractivity contribution in [3.05, 3.63) is 10.6 Å². The molecule has 2 heterocycles. The van der Waals surface area contributed by atoms with Gasteiger partial charge in [-0.25, -0.2) is 4.98 Å². The van der Waals surface area contributed by atoms with Gasteiger partial charge in [0.05, 0.1) is 5.69 Å². The van der Waals surface area contributed by atoms with Crippen LogP contribution >= 0.6 is 23.1 Å². The molecule has 0 aromatic carbocycles. The van der Waals surface area contributed by atoms with Gasteiger partial charge in [0, 0.05) is 41.4 Å². The first kappa shape index (κ1) is 11.8. The zero-order chi connectivity index (χ0) is 11.8. The summed E-state index contributed by atoms with van der Waals surface area (Å²) in [6.45, 7) is 5.22. The molecule has 1 saturated heterocycles. The molecule has 2 fully saturated rings. The van der Waals surface area contributed by atoms with Crippen LogP contribution < -0.4 is 10.6 Å². The lowest BCUT2D eigenvalue weighted by Crippen LogP contribution is -2.36. The Balaban J connectivity index is 1.82. The van der Waals surface area contributed by atoms with E-state index in [0.717, 1.165) is 24.3 Å². The molecule has 1 atom stereocenters. The normalized spacial score (nSPS) is 25.3. The van der Waals surface area contributed by atoms with Gasteiger partial charge in [0.2, 0.25) is 0 Å². The van der Waals surface area contributed by atoms with Crippen LogP contribution in [0.3, 0.4) is 0 Å². The van der Waals surface area contributed by atoms with E-state index >= 15 is 0 Å². The Morgan fingerprint density at radius 2 is 2.29 bits per heavy atom. The minimum absolute atomic E-state index is 0.654. The zero-order valence-electron chi connectivity index (χ0n) is 10.2. The minimum Gasteiger partial charge on any atom is -0.346 e. The molecule has 1 aromatic heterocycles. The summed E-state index contributed by atoms with van der Waals surface area (Å²) in [5.74, 6) is 1.94. The molecule has 5 heteroatoms. The molecular weight excluding hydrogens is 250 g/mol. The summed E-state index contributed by atoms with van der Waals surface area (Å²) in [7, 11) is 0. The average Bonchev–Trinajstić information content (AvgIpc) is 3.08. The quantitative estimate of drug-likeness (QED) is 0.915. The molecule has 1 aliphatic carbocycles. The van der Waals surface area contributed by atoms with Crippen molar-refractivity contribution in [2.75, 3.05) is 23.7 Å². The maximum atomic E-state index is 5.83. The van der Waals surface area contributed by atoms with E-state index in [-0.39, 0.29) is 0 Å². The first-order valence-electron chi connectivity index (χ1n) is 6.34. The van der Waals surface area contributed by atoms with Gasteiger partial charge in [-0.1, -0.05) is 6.92 Å². The predicted molar refractivity (Wildman–Crippen MR) is 76.1 cm³/mol. The van der Waals surface area contributed by atoms with E-state index in [0.29, 0.717) is 6.54 Å². The number of nitrogens with two attached hydrogens (primary N) is 1. The van der Waals surface area contributed by atoms with E-state index < -0.39 is 0 Å². The van der Waals surface area contributed by atoms with E-state index in [4.69, 9.17) is 10.7 Å². The van der Waals surface area contributed by atoms with E-state index in [1.165, 1.54) is 34.3 Å². The van der Waals surface area contributed by atoms with Crippen LogP contribution in [-0.2, 0) is 6.54 Å². The van der Waals surface area contributed by atoms with Gasteiger partial charge in [-0.15, -0.1) is 11.3 Å². The molecule has 2 N–H and O–H groups in total. The highest BCUT2D eigenvalue weighted by Crippen LogP contribution is 2.44. The molecule has 3 rings (SSSR count). The largest absolute Gasteiger partial charge is 0.346 e. The predicted octanol–water partition coefficient (Wildman–Crippen LogP) is 2.42. The van der Waals surface area contributed by atoms with Crippen molar-refractivity contribution in [2.45, 2.75) is 37.5 Å². The highest BCUT2D eigenvalue weighted by Gasteiger charge is 2.30. The monoisotopic (exact) mass is 269 g/mol. The summed E-state index contributed by atoms with van der Waals surface area (Å²) >= 11 is 3.88. The Morgan fingerprint density at radius 3 is 2.94 bits per heavy atom. The molecule has 1 unspecified atom stereocenters. The smallest absolute Gasteiger partial charge is 0.185 e. The van der Waals surface area contributed by atoms with E-state index in [1.807, 2.05) is 11.3 Å². The van der Waals surface area contributed by atoms with Gasteiger partial charge in [-0.05, 0) is 12.8 Å². The van der Waals surface area contributed by atoms with Crippen molar-refractivity contribution >= 4 is 28.2 Å². The van der Waals surface area contributed by atoms with Crippen LogP contribution in [0.25, 0.3) is 0 Å².